The van der Waals surface area contributed by atoms with Crippen LogP contribution in [0.25, 0.3) is 0 Å². The van der Waals surface area contributed by atoms with E-state index in [9.17, 15) is 15.3 Å². The van der Waals surface area contributed by atoms with Crippen molar-refractivity contribution in [3.63, 3.8) is 0 Å². The standard InChI is InChI=1S/C7H8ClN3O3/c8-7-3-6(11(13)14)5(1-2-9)4-10(7)12/h3-4H,1-2,9H2. The van der Waals surface area contributed by atoms with Crippen molar-refractivity contribution in [2.24, 2.45) is 5.73 Å². The second kappa shape index (κ2) is 4.21. The number of aromatic nitrogens is 1. The summed E-state index contributed by atoms with van der Waals surface area (Å²) in [6.45, 7) is 0.239. The highest BCUT2D eigenvalue weighted by molar-refractivity contribution is 6.28. The molecule has 0 saturated heterocycles. The fraction of sp³-hybridized carbons (Fsp3) is 0.286. The molecule has 0 amide bonds. The maximum absolute atomic E-state index is 11.0. The SMILES string of the molecule is NCCc1c[n+]([O-])c(Cl)cc1[N+](=O)[O-]. The van der Waals surface area contributed by atoms with Gasteiger partial charge in [0.2, 0.25) is 0 Å². The molecule has 76 valence electrons. The molecule has 0 radical (unpaired) electrons. The van der Waals surface area contributed by atoms with Crippen LogP contribution in [0.1, 0.15) is 5.56 Å². The summed E-state index contributed by atoms with van der Waals surface area (Å²) >= 11 is 5.44. The van der Waals surface area contributed by atoms with E-state index in [2.05, 4.69) is 0 Å². The summed E-state index contributed by atoms with van der Waals surface area (Å²) in [6.07, 6.45) is 1.35. The Labute approximate surface area is 84.6 Å². The summed E-state index contributed by atoms with van der Waals surface area (Å²) < 4.78 is 0.375. The minimum atomic E-state index is -0.586. The summed E-state index contributed by atoms with van der Waals surface area (Å²) in [6, 6.07) is 1.03. The summed E-state index contributed by atoms with van der Waals surface area (Å²) in [4.78, 5) is 9.97. The molecule has 0 saturated carbocycles. The van der Waals surface area contributed by atoms with Crippen molar-refractivity contribution < 1.29 is 9.65 Å². The largest absolute Gasteiger partial charge is 0.618 e. The number of nitrogens with zero attached hydrogens (tertiary/aromatic N) is 2. The quantitative estimate of drug-likeness (QED) is 0.260. The van der Waals surface area contributed by atoms with Crippen LogP contribution in [0.3, 0.4) is 0 Å². The van der Waals surface area contributed by atoms with Gasteiger partial charge in [-0.2, -0.15) is 4.73 Å². The molecule has 1 aromatic rings. The Hall–Kier alpha value is -1.40. The molecular formula is C7H8ClN3O3. The second-order valence-corrected chi connectivity index (χ2v) is 3.02. The first-order chi connectivity index (χ1) is 6.56. The van der Waals surface area contributed by atoms with Crippen LogP contribution in [0.5, 0.6) is 0 Å². The molecule has 0 aliphatic carbocycles. The molecule has 0 atom stereocenters. The first kappa shape index (κ1) is 10.7. The zero-order valence-electron chi connectivity index (χ0n) is 7.14. The lowest BCUT2D eigenvalue weighted by Gasteiger charge is -2.02. The molecule has 0 unspecified atom stereocenters. The van der Waals surface area contributed by atoms with Crippen molar-refractivity contribution >= 4 is 17.3 Å². The molecule has 2 N–H and O–H groups in total. The molecule has 14 heavy (non-hydrogen) atoms. The molecule has 7 heteroatoms. The van der Waals surface area contributed by atoms with Crippen LogP contribution < -0.4 is 10.5 Å². The Morgan fingerprint density at radius 2 is 2.29 bits per heavy atom. The van der Waals surface area contributed by atoms with Gasteiger partial charge in [-0.1, -0.05) is 0 Å². The third kappa shape index (κ3) is 2.09. The van der Waals surface area contributed by atoms with E-state index >= 15 is 0 Å². The van der Waals surface area contributed by atoms with Gasteiger partial charge < -0.3 is 10.9 Å². The van der Waals surface area contributed by atoms with Gasteiger partial charge in [0.1, 0.15) is 6.07 Å². The van der Waals surface area contributed by atoms with E-state index in [0.29, 0.717) is 4.73 Å². The Bertz CT molecular complexity index is 369. The fourth-order valence-electron chi connectivity index (χ4n) is 1.06. The van der Waals surface area contributed by atoms with E-state index in [1.54, 1.807) is 0 Å². The third-order valence-electron chi connectivity index (χ3n) is 1.68. The summed E-state index contributed by atoms with van der Waals surface area (Å²) in [7, 11) is 0. The number of nitro groups is 1. The van der Waals surface area contributed by atoms with Gasteiger partial charge >= 0.3 is 0 Å². The van der Waals surface area contributed by atoms with Crippen molar-refractivity contribution in [1.29, 1.82) is 0 Å². The van der Waals surface area contributed by atoms with Gasteiger partial charge in [0.25, 0.3) is 10.8 Å². The molecule has 1 heterocycles. The Balaban J connectivity index is 3.24. The van der Waals surface area contributed by atoms with E-state index in [-0.39, 0.29) is 29.4 Å². The van der Waals surface area contributed by atoms with Gasteiger partial charge in [-0.25, -0.2) is 0 Å². The molecule has 0 aromatic carbocycles. The highest BCUT2D eigenvalue weighted by Crippen LogP contribution is 2.19. The monoisotopic (exact) mass is 217 g/mol. The summed E-state index contributed by atoms with van der Waals surface area (Å²) in [5.74, 6) is 0. The number of pyridine rings is 1. The van der Waals surface area contributed by atoms with Crippen LogP contribution in [0.4, 0.5) is 5.69 Å². The molecule has 0 aliphatic heterocycles. The maximum atomic E-state index is 11.0. The van der Waals surface area contributed by atoms with Crippen LogP contribution in [-0.2, 0) is 6.42 Å². The average Bonchev–Trinajstić information content (AvgIpc) is 2.11. The zero-order chi connectivity index (χ0) is 10.7. The number of hydrogen-bond donors (Lipinski definition) is 1. The predicted molar refractivity (Wildman–Crippen MR) is 49.8 cm³/mol. The minimum absolute atomic E-state index is 0.174. The number of rotatable bonds is 3. The minimum Gasteiger partial charge on any atom is -0.618 e. The van der Waals surface area contributed by atoms with E-state index in [1.807, 2.05) is 0 Å². The molecule has 0 aliphatic rings. The fourth-order valence-corrected chi connectivity index (χ4v) is 1.21. The predicted octanol–water partition coefficient (Wildman–Crippen LogP) is 0.383. The van der Waals surface area contributed by atoms with Crippen LogP contribution in [0.2, 0.25) is 5.15 Å². The van der Waals surface area contributed by atoms with Gasteiger partial charge in [-0.05, 0) is 24.6 Å². The van der Waals surface area contributed by atoms with Gasteiger partial charge in [0.15, 0.2) is 6.20 Å². The summed E-state index contributed by atoms with van der Waals surface area (Å²) in [5.41, 5.74) is 5.37. The van der Waals surface area contributed by atoms with Gasteiger partial charge in [-0.15, -0.1) is 0 Å². The molecule has 1 rings (SSSR count). The van der Waals surface area contributed by atoms with Gasteiger partial charge in [0, 0.05) is 0 Å². The lowest BCUT2D eigenvalue weighted by molar-refractivity contribution is -0.604. The lowest BCUT2D eigenvalue weighted by Crippen LogP contribution is -2.28. The van der Waals surface area contributed by atoms with Crippen molar-refractivity contribution in [3.8, 4) is 0 Å². The van der Waals surface area contributed by atoms with Crippen LogP contribution in [-0.4, -0.2) is 11.5 Å². The normalized spacial score (nSPS) is 10.1. The molecule has 0 bridgehead atoms. The van der Waals surface area contributed by atoms with Crippen LogP contribution >= 0.6 is 11.6 Å². The molecule has 6 nitrogen and oxygen atoms in total. The topological polar surface area (TPSA) is 96.1 Å². The number of nitrogens with two attached hydrogens (primary N) is 1. The van der Waals surface area contributed by atoms with Gasteiger partial charge in [0.05, 0.1) is 10.5 Å². The lowest BCUT2D eigenvalue weighted by atomic mass is 10.2. The first-order valence-corrected chi connectivity index (χ1v) is 4.20. The Morgan fingerprint density at radius 1 is 1.64 bits per heavy atom. The number of halogens is 1. The molecular weight excluding hydrogens is 210 g/mol. The number of hydrogen-bond acceptors (Lipinski definition) is 4. The van der Waals surface area contributed by atoms with Crippen LogP contribution in [0.15, 0.2) is 12.3 Å². The van der Waals surface area contributed by atoms with Crippen LogP contribution in [0, 0.1) is 15.3 Å². The second-order valence-electron chi connectivity index (χ2n) is 2.63. The Kier molecular flexibility index (Phi) is 3.21. The first-order valence-electron chi connectivity index (χ1n) is 3.82. The zero-order valence-corrected chi connectivity index (χ0v) is 7.90. The van der Waals surface area contributed by atoms with Gasteiger partial charge in [-0.3, -0.25) is 10.1 Å². The van der Waals surface area contributed by atoms with E-state index in [0.717, 1.165) is 12.3 Å². The molecule has 0 spiro atoms. The van der Waals surface area contributed by atoms with E-state index in [1.165, 1.54) is 0 Å². The van der Waals surface area contributed by atoms with Crippen molar-refractivity contribution in [1.82, 2.24) is 0 Å². The van der Waals surface area contributed by atoms with Crippen molar-refractivity contribution in [2.45, 2.75) is 6.42 Å². The molecule has 0 fully saturated rings. The smallest absolute Gasteiger partial charge is 0.293 e. The highest BCUT2D eigenvalue weighted by atomic mass is 35.5. The average molecular weight is 218 g/mol. The Morgan fingerprint density at radius 3 is 2.79 bits per heavy atom. The summed E-state index contributed by atoms with van der Waals surface area (Å²) in [5, 5.41) is 21.3. The van der Waals surface area contributed by atoms with Crippen molar-refractivity contribution in [3.05, 3.63) is 38.3 Å². The highest BCUT2D eigenvalue weighted by Gasteiger charge is 2.19. The van der Waals surface area contributed by atoms with E-state index < -0.39 is 4.92 Å². The third-order valence-corrected chi connectivity index (χ3v) is 1.95. The van der Waals surface area contributed by atoms with E-state index in [4.69, 9.17) is 17.3 Å². The maximum Gasteiger partial charge on any atom is 0.293 e. The van der Waals surface area contributed by atoms with Crippen molar-refractivity contribution in [2.75, 3.05) is 6.54 Å². The molecule has 1 aromatic heterocycles.